The highest BCUT2D eigenvalue weighted by Crippen LogP contribution is 2.73. The minimum atomic E-state index is -0.210. The van der Waals surface area contributed by atoms with E-state index in [2.05, 4.69) is 86.5 Å². The van der Waals surface area contributed by atoms with E-state index in [-0.39, 0.29) is 13.5 Å². The van der Waals surface area contributed by atoms with Gasteiger partial charge in [0.05, 0.1) is 5.31 Å². The number of quaternary nitrogens is 1. The van der Waals surface area contributed by atoms with Gasteiger partial charge in [0.2, 0.25) is 0 Å². The first-order valence-electron chi connectivity index (χ1n) is 7.07. The van der Waals surface area contributed by atoms with Crippen molar-refractivity contribution in [2.24, 2.45) is 5.41 Å². The van der Waals surface area contributed by atoms with Gasteiger partial charge in [0.1, 0.15) is 5.69 Å². The van der Waals surface area contributed by atoms with Crippen LogP contribution >= 0.6 is 8.07 Å². The summed E-state index contributed by atoms with van der Waals surface area (Å²) in [5, 5.41) is 5.68. The smallest absolute Gasteiger partial charge is 0.169 e. The van der Waals surface area contributed by atoms with Gasteiger partial charge in [-0.2, -0.15) is 0 Å². The largest absolute Gasteiger partial charge is 0.293 e. The first-order chi connectivity index (χ1) is 9.57. The van der Waals surface area contributed by atoms with Crippen LogP contribution in [0.3, 0.4) is 0 Å². The quantitative estimate of drug-likeness (QED) is 0.620. The van der Waals surface area contributed by atoms with Gasteiger partial charge >= 0.3 is 0 Å². The van der Waals surface area contributed by atoms with E-state index in [1.54, 1.807) is 10.6 Å². The molecule has 0 aromatic heterocycles. The lowest BCUT2D eigenvalue weighted by Gasteiger charge is -2.13. The molecule has 0 radical (unpaired) electrons. The highest BCUT2D eigenvalue weighted by atomic mass is 31.1. The molecule has 1 aliphatic rings. The molecule has 20 heavy (non-hydrogen) atoms. The molecule has 0 spiro atoms. The summed E-state index contributed by atoms with van der Waals surface area (Å²) in [5.41, 5.74) is 3.00. The van der Waals surface area contributed by atoms with Crippen LogP contribution < -0.4 is 5.09 Å². The van der Waals surface area contributed by atoms with Gasteiger partial charge < -0.3 is 0 Å². The fraction of sp³-hybridized carbons (Fsp3) is 0.222. The van der Waals surface area contributed by atoms with Crippen molar-refractivity contribution in [3.05, 3.63) is 71.5 Å². The zero-order chi connectivity index (χ0) is 14.2. The molecule has 1 nitrogen and oxygen atoms in total. The Balaban J connectivity index is 1.87. The van der Waals surface area contributed by atoms with Crippen molar-refractivity contribution in [3.8, 4) is 0 Å². The Hall–Kier alpha value is -1.43. The van der Waals surface area contributed by atoms with E-state index < -0.39 is 0 Å². The number of hydrogen-bond donors (Lipinski definition) is 1. The van der Waals surface area contributed by atoms with Gasteiger partial charge in [0, 0.05) is 5.31 Å². The van der Waals surface area contributed by atoms with Gasteiger partial charge in [-0.25, -0.2) is 0 Å². The Morgan fingerprint density at radius 1 is 0.800 bits per heavy atom. The third-order valence-corrected chi connectivity index (χ3v) is 6.16. The summed E-state index contributed by atoms with van der Waals surface area (Å²) in [6, 6.07) is 21.5. The molecule has 0 bridgehead atoms. The highest BCUT2D eigenvalue weighted by molar-refractivity contribution is 7.75. The molecule has 102 valence electrons. The average molecular weight is 282 g/mol. The fourth-order valence-electron chi connectivity index (χ4n) is 2.58. The molecule has 0 fully saturated rings. The van der Waals surface area contributed by atoms with Crippen LogP contribution in [-0.2, 0) is 0 Å². The molecular weight excluding hydrogens is 261 g/mol. The van der Waals surface area contributed by atoms with E-state index in [0.717, 1.165) is 0 Å². The van der Waals surface area contributed by atoms with Crippen molar-refractivity contribution in [3.63, 3.8) is 0 Å². The van der Waals surface area contributed by atoms with Gasteiger partial charge in [-0.05, 0) is 23.1 Å². The van der Waals surface area contributed by atoms with Crippen molar-refractivity contribution < 1.29 is 5.09 Å². The Labute approximate surface area is 122 Å². The molecule has 1 atom stereocenters. The summed E-state index contributed by atoms with van der Waals surface area (Å²) in [4.78, 5) is 0. The standard InChI is InChI=1S/C18H20NP/c1-18(2,3)17-16(14-10-6-4-7-11-14)20(17)19-15-12-8-5-9-13-15/h4-13,19H,1-3H3/p+1/t20-/m0/s1. The van der Waals surface area contributed by atoms with Crippen molar-refractivity contribution in [2.45, 2.75) is 20.8 Å². The summed E-state index contributed by atoms with van der Waals surface area (Å²) in [6.07, 6.45) is 0. The lowest BCUT2D eigenvalue weighted by Crippen LogP contribution is -2.68. The summed E-state index contributed by atoms with van der Waals surface area (Å²) < 4.78 is 0. The summed E-state index contributed by atoms with van der Waals surface area (Å²) in [6.45, 7) is 6.98. The maximum absolute atomic E-state index is 2.46. The monoisotopic (exact) mass is 282 g/mol. The second-order valence-corrected chi connectivity index (χ2v) is 8.12. The van der Waals surface area contributed by atoms with Crippen LogP contribution in [-0.4, -0.2) is 0 Å². The van der Waals surface area contributed by atoms with Crippen LogP contribution in [0.5, 0.6) is 0 Å². The molecule has 0 amide bonds. The van der Waals surface area contributed by atoms with Crippen molar-refractivity contribution in [2.75, 3.05) is 0 Å². The Morgan fingerprint density at radius 2 is 1.35 bits per heavy atom. The molecule has 0 saturated carbocycles. The number of rotatable bonds is 3. The summed E-state index contributed by atoms with van der Waals surface area (Å²) >= 11 is 0. The van der Waals surface area contributed by atoms with E-state index in [0.29, 0.717) is 0 Å². The van der Waals surface area contributed by atoms with E-state index in [1.165, 1.54) is 11.3 Å². The third-order valence-electron chi connectivity index (χ3n) is 3.49. The normalized spacial score (nSPS) is 18.2. The van der Waals surface area contributed by atoms with E-state index in [1.807, 2.05) is 0 Å². The molecule has 1 heterocycles. The van der Waals surface area contributed by atoms with E-state index >= 15 is 0 Å². The minimum absolute atomic E-state index is 0.210. The van der Waals surface area contributed by atoms with E-state index in [9.17, 15) is 0 Å². The maximum atomic E-state index is 2.46. The second-order valence-electron chi connectivity index (χ2n) is 6.22. The lowest BCUT2D eigenvalue weighted by molar-refractivity contribution is -0.390. The first-order valence-corrected chi connectivity index (χ1v) is 8.48. The molecule has 0 saturated heterocycles. The molecule has 2 heteroatoms. The Morgan fingerprint density at radius 3 is 1.90 bits per heavy atom. The van der Waals surface area contributed by atoms with Crippen LogP contribution in [0.4, 0.5) is 5.69 Å². The molecule has 0 aliphatic carbocycles. The Bertz CT molecular complexity index is 623. The summed E-state index contributed by atoms with van der Waals surface area (Å²) in [7, 11) is -0.210. The third kappa shape index (κ3) is 2.70. The molecule has 2 aromatic rings. The number of nitrogens with two attached hydrogens (primary N) is 1. The van der Waals surface area contributed by atoms with E-state index in [4.69, 9.17) is 0 Å². The molecule has 3 rings (SSSR count). The fourth-order valence-corrected chi connectivity index (χ4v) is 5.45. The Kier molecular flexibility index (Phi) is 3.50. The van der Waals surface area contributed by atoms with Gasteiger partial charge in [-0.1, -0.05) is 69.3 Å². The topological polar surface area (TPSA) is 16.6 Å². The highest BCUT2D eigenvalue weighted by Gasteiger charge is 2.49. The van der Waals surface area contributed by atoms with Crippen LogP contribution in [0, 0.1) is 5.41 Å². The van der Waals surface area contributed by atoms with Crippen molar-refractivity contribution in [1.82, 2.24) is 0 Å². The lowest BCUT2D eigenvalue weighted by atomic mass is 9.95. The minimum Gasteiger partial charge on any atom is -0.293 e. The predicted octanol–water partition coefficient (Wildman–Crippen LogP) is 4.71. The SMILES string of the molecule is CC(C)(C)C1=C(c2ccccc2)[P@]1[NH2+]c1ccccc1. The van der Waals surface area contributed by atoms with Crippen molar-refractivity contribution in [1.29, 1.82) is 0 Å². The number of allylic oxidation sites excluding steroid dienone is 1. The molecule has 0 unspecified atom stereocenters. The van der Waals surface area contributed by atoms with Crippen LogP contribution in [0.2, 0.25) is 0 Å². The number of hydrogen-bond acceptors (Lipinski definition) is 0. The van der Waals surface area contributed by atoms with Gasteiger partial charge in [-0.15, -0.1) is 0 Å². The predicted molar refractivity (Wildman–Crippen MR) is 87.8 cm³/mol. The van der Waals surface area contributed by atoms with Crippen LogP contribution in [0.1, 0.15) is 26.3 Å². The zero-order valence-corrected chi connectivity index (χ0v) is 13.2. The average Bonchev–Trinajstić information content (AvgIpc) is 3.15. The number of benzene rings is 2. The summed E-state index contributed by atoms with van der Waals surface area (Å²) in [5.74, 6) is 0. The molecule has 2 aromatic carbocycles. The first kappa shape index (κ1) is 13.5. The van der Waals surface area contributed by atoms with Gasteiger partial charge in [-0.3, -0.25) is 5.09 Å². The molecule has 1 aliphatic heterocycles. The van der Waals surface area contributed by atoms with Crippen molar-refractivity contribution >= 4 is 19.1 Å². The van der Waals surface area contributed by atoms with Crippen LogP contribution in [0.15, 0.2) is 66.0 Å². The van der Waals surface area contributed by atoms with Gasteiger partial charge in [0.25, 0.3) is 0 Å². The van der Waals surface area contributed by atoms with Crippen LogP contribution in [0.25, 0.3) is 5.31 Å². The zero-order valence-electron chi connectivity index (χ0n) is 12.3. The second kappa shape index (κ2) is 5.16. The molecule has 2 N–H and O–H groups in total. The maximum Gasteiger partial charge on any atom is 0.169 e. The van der Waals surface area contributed by atoms with Gasteiger partial charge in [0.15, 0.2) is 8.07 Å². The molecular formula is C18H21NP+.